The number of ether oxygens (including phenoxy) is 1. The van der Waals surface area contributed by atoms with Crippen LogP contribution in [0, 0.1) is 12.8 Å². The van der Waals surface area contributed by atoms with Crippen LogP contribution in [0.2, 0.25) is 0 Å². The van der Waals surface area contributed by atoms with Gasteiger partial charge >= 0.3 is 0 Å². The van der Waals surface area contributed by atoms with Crippen molar-refractivity contribution in [2.45, 2.75) is 44.6 Å². The highest BCUT2D eigenvalue weighted by atomic mass is 19.3. The number of hydrogen-bond acceptors (Lipinski definition) is 3. The molecule has 2 unspecified atom stereocenters. The van der Waals surface area contributed by atoms with Crippen LogP contribution in [0.5, 0.6) is 5.75 Å². The van der Waals surface area contributed by atoms with Crippen LogP contribution in [0.4, 0.5) is 8.78 Å². The Morgan fingerprint density at radius 2 is 2.25 bits per heavy atom. The molecule has 0 spiro atoms. The van der Waals surface area contributed by atoms with Gasteiger partial charge in [0.15, 0.2) is 0 Å². The third kappa shape index (κ3) is 3.46. The van der Waals surface area contributed by atoms with Crippen molar-refractivity contribution in [3.8, 4) is 5.75 Å². The van der Waals surface area contributed by atoms with Gasteiger partial charge in [-0.2, -0.15) is 0 Å². The molecule has 3 N–H and O–H groups in total. The molecule has 1 aliphatic carbocycles. The maximum atomic E-state index is 13.3. The Hall–Kier alpha value is -1.20. The molecule has 0 radical (unpaired) electrons. The molecule has 1 aromatic rings. The van der Waals surface area contributed by atoms with E-state index in [9.17, 15) is 8.78 Å². The maximum absolute atomic E-state index is 13.3. The number of nitrogens with two attached hydrogens (primary N) is 1. The molecule has 2 rings (SSSR count). The quantitative estimate of drug-likeness (QED) is 0.644. The monoisotopic (exact) mass is 284 g/mol. The summed E-state index contributed by atoms with van der Waals surface area (Å²) in [6.45, 7) is 1.98. The molecule has 0 aromatic heterocycles. The minimum atomic E-state index is -2.51. The number of alkyl halides is 2. The summed E-state index contributed by atoms with van der Waals surface area (Å²) in [5.74, 6) is 3.85. The number of nitrogens with one attached hydrogen (secondary N) is 1. The zero-order valence-corrected chi connectivity index (χ0v) is 12.0. The summed E-state index contributed by atoms with van der Waals surface area (Å²) in [7, 11) is 1.61. The first kappa shape index (κ1) is 15.2. The van der Waals surface area contributed by atoms with Gasteiger partial charge in [0.05, 0.1) is 7.11 Å². The molecule has 3 nitrogen and oxygen atoms in total. The SMILES string of the molecule is COc1cc(C)ccc1C(CC1CCC(F)(F)C1)NN. The molecule has 2 atom stereocenters. The third-order valence-corrected chi connectivity index (χ3v) is 4.04. The van der Waals surface area contributed by atoms with E-state index < -0.39 is 5.92 Å². The molecule has 1 saturated carbocycles. The van der Waals surface area contributed by atoms with Crippen molar-refractivity contribution in [3.63, 3.8) is 0 Å². The lowest BCUT2D eigenvalue weighted by molar-refractivity contribution is 0.00429. The lowest BCUT2D eigenvalue weighted by Gasteiger charge is -2.22. The van der Waals surface area contributed by atoms with Crippen LogP contribution in [-0.2, 0) is 0 Å². The molecule has 0 saturated heterocycles. The van der Waals surface area contributed by atoms with Gasteiger partial charge in [-0.3, -0.25) is 11.3 Å². The van der Waals surface area contributed by atoms with Crippen LogP contribution in [0.1, 0.15) is 42.9 Å². The van der Waals surface area contributed by atoms with Gasteiger partial charge in [-0.1, -0.05) is 12.1 Å². The number of halogens is 2. The first-order valence-electron chi connectivity index (χ1n) is 6.93. The van der Waals surface area contributed by atoms with Gasteiger partial charge in [0.1, 0.15) is 5.75 Å². The van der Waals surface area contributed by atoms with Crippen molar-refractivity contribution >= 4 is 0 Å². The standard InChI is InChI=1S/C15H22F2N2O/c1-10-3-4-12(14(7-10)20-2)13(19-18)8-11-5-6-15(16,17)9-11/h3-4,7,11,13,19H,5-6,8-9,18H2,1-2H3. The Morgan fingerprint density at radius 3 is 2.80 bits per heavy atom. The molecule has 5 heteroatoms. The second-order valence-electron chi connectivity index (χ2n) is 5.67. The second-order valence-corrected chi connectivity index (χ2v) is 5.67. The number of aryl methyl sites for hydroxylation is 1. The molecule has 1 fully saturated rings. The van der Waals surface area contributed by atoms with Gasteiger partial charge in [0, 0.05) is 24.4 Å². The van der Waals surface area contributed by atoms with E-state index in [0.717, 1.165) is 16.9 Å². The van der Waals surface area contributed by atoms with Crippen molar-refractivity contribution in [2.75, 3.05) is 7.11 Å². The average molecular weight is 284 g/mol. The molecular weight excluding hydrogens is 262 g/mol. The van der Waals surface area contributed by atoms with E-state index in [2.05, 4.69) is 5.43 Å². The Labute approximate surface area is 118 Å². The predicted octanol–water partition coefficient (Wildman–Crippen LogP) is 3.33. The predicted molar refractivity (Wildman–Crippen MR) is 74.7 cm³/mol. The van der Waals surface area contributed by atoms with E-state index in [0.29, 0.717) is 12.8 Å². The number of rotatable bonds is 5. The van der Waals surface area contributed by atoms with Crippen molar-refractivity contribution < 1.29 is 13.5 Å². The van der Waals surface area contributed by atoms with Gasteiger partial charge in [-0.05, 0) is 37.3 Å². The molecule has 0 heterocycles. The first-order chi connectivity index (χ1) is 9.45. The summed E-state index contributed by atoms with van der Waals surface area (Å²) in [6, 6.07) is 5.70. The van der Waals surface area contributed by atoms with Crippen LogP contribution in [-0.4, -0.2) is 13.0 Å². The minimum absolute atomic E-state index is 0.00272. The molecule has 0 amide bonds. The summed E-state index contributed by atoms with van der Waals surface area (Å²) in [6.07, 6.45) is 1.10. The molecule has 112 valence electrons. The third-order valence-electron chi connectivity index (χ3n) is 4.04. The van der Waals surface area contributed by atoms with Crippen LogP contribution in [0.3, 0.4) is 0 Å². The Kier molecular flexibility index (Phi) is 4.60. The van der Waals surface area contributed by atoms with Gasteiger partial charge < -0.3 is 4.74 Å². The summed E-state index contributed by atoms with van der Waals surface area (Å²) in [5, 5.41) is 0. The molecule has 0 bridgehead atoms. The summed E-state index contributed by atoms with van der Waals surface area (Å²) >= 11 is 0. The summed E-state index contributed by atoms with van der Waals surface area (Å²) in [5.41, 5.74) is 4.76. The lowest BCUT2D eigenvalue weighted by Crippen LogP contribution is -2.30. The summed E-state index contributed by atoms with van der Waals surface area (Å²) < 4.78 is 31.9. The highest BCUT2D eigenvalue weighted by Gasteiger charge is 2.40. The van der Waals surface area contributed by atoms with E-state index in [1.807, 2.05) is 25.1 Å². The first-order valence-corrected chi connectivity index (χ1v) is 6.93. The summed E-state index contributed by atoms with van der Waals surface area (Å²) in [4.78, 5) is 0. The Morgan fingerprint density at radius 1 is 1.50 bits per heavy atom. The largest absolute Gasteiger partial charge is 0.496 e. The van der Waals surface area contributed by atoms with Crippen LogP contribution in [0.25, 0.3) is 0 Å². The van der Waals surface area contributed by atoms with Crippen LogP contribution in [0.15, 0.2) is 18.2 Å². The normalized spacial score (nSPS) is 22.8. The zero-order chi connectivity index (χ0) is 14.8. The number of methoxy groups -OCH3 is 1. The van der Waals surface area contributed by atoms with Crippen molar-refractivity contribution in [3.05, 3.63) is 29.3 Å². The van der Waals surface area contributed by atoms with E-state index >= 15 is 0 Å². The molecule has 0 aliphatic heterocycles. The molecule has 1 aromatic carbocycles. The Bertz CT molecular complexity index is 465. The molecule has 20 heavy (non-hydrogen) atoms. The van der Waals surface area contributed by atoms with Crippen molar-refractivity contribution in [1.82, 2.24) is 5.43 Å². The minimum Gasteiger partial charge on any atom is -0.496 e. The highest BCUT2D eigenvalue weighted by Crippen LogP contribution is 2.43. The van der Waals surface area contributed by atoms with Crippen LogP contribution < -0.4 is 16.0 Å². The Balaban J connectivity index is 2.12. The smallest absolute Gasteiger partial charge is 0.248 e. The van der Waals surface area contributed by atoms with Crippen molar-refractivity contribution in [1.29, 1.82) is 0 Å². The average Bonchev–Trinajstić information content (AvgIpc) is 2.75. The lowest BCUT2D eigenvalue weighted by atomic mass is 9.93. The highest BCUT2D eigenvalue weighted by molar-refractivity contribution is 5.39. The zero-order valence-electron chi connectivity index (χ0n) is 12.0. The fourth-order valence-electron chi connectivity index (χ4n) is 2.97. The van der Waals surface area contributed by atoms with Gasteiger partial charge in [0.25, 0.3) is 0 Å². The number of hydrogen-bond donors (Lipinski definition) is 2. The van der Waals surface area contributed by atoms with Gasteiger partial charge in [0.2, 0.25) is 5.92 Å². The fourth-order valence-corrected chi connectivity index (χ4v) is 2.97. The van der Waals surface area contributed by atoms with E-state index in [-0.39, 0.29) is 24.8 Å². The topological polar surface area (TPSA) is 47.3 Å². The van der Waals surface area contributed by atoms with E-state index in [1.165, 1.54) is 0 Å². The van der Waals surface area contributed by atoms with E-state index in [1.54, 1.807) is 7.11 Å². The second kappa shape index (κ2) is 6.06. The fraction of sp³-hybridized carbons (Fsp3) is 0.600. The van der Waals surface area contributed by atoms with Gasteiger partial charge in [-0.25, -0.2) is 8.78 Å². The van der Waals surface area contributed by atoms with Gasteiger partial charge in [-0.15, -0.1) is 0 Å². The molecule has 1 aliphatic rings. The number of hydrazine groups is 1. The van der Waals surface area contributed by atoms with Crippen molar-refractivity contribution in [2.24, 2.45) is 11.8 Å². The molecular formula is C15H22F2N2O. The van der Waals surface area contributed by atoms with E-state index in [4.69, 9.17) is 10.6 Å². The van der Waals surface area contributed by atoms with Crippen LogP contribution >= 0.6 is 0 Å². The maximum Gasteiger partial charge on any atom is 0.248 e. The number of benzene rings is 1.